The third-order valence-corrected chi connectivity index (χ3v) is 2.92. The van der Waals surface area contributed by atoms with Crippen LogP contribution < -0.4 is 10.5 Å². The largest absolute Gasteiger partial charge is 0.430 e. The zero-order valence-corrected chi connectivity index (χ0v) is 10.9. The summed E-state index contributed by atoms with van der Waals surface area (Å²) in [5, 5.41) is -0.522. The predicted molar refractivity (Wildman–Crippen MR) is 61.7 cm³/mol. The number of anilines is 1. The molecule has 1 aromatic rings. The smallest absolute Gasteiger partial charge is 0.409 e. The molecule has 0 saturated heterocycles. The van der Waals surface area contributed by atoms with Crippen molar-refractivity contribution >= 4 is 28.9 Å². The normalized spacial score (nSPS) is 14.3. The van der Waals surface area contributed by atoms with Crippen molar-refractivity contribution in [3.8, 4) is 5.75 Å². The topological polar surface area (TPSA) is 35.2 Å². The quantitative estimate of drug-likeness (QED) is 0.643. The van der Waals surface area contributed by atoms with Crippen molar-refractivity contribution in [1.82, 2.24) is 0 Å². The van der Waals surface area contributed by atoms with Crippen molar-refractivity contribution in [2.24, 2.45) is 5.92 Å². The molecular weight excluding hydrogens is 316 g/mol. The van der Waals surface area contributed by atoms with Gasteiger partial charge in [0.2, 0.25) is 0 Å². The van der Waals surface area contributed by atoms with Crippen LogP contribution >= 0.6 is 23.2 Å². The molecule has 0 amide bonds. The minimum atomic E-state index is -5.12. The number of nitrogen functional groups attached to an aromatic ring is 1. The summed E-state index contributed by atoms with van der Waals surface area (Å²) in [5.74, 6) is -3.69. The summed E-state index contributed by atoms with van der Waals surface area (Å²) in [6, 6.07) is 1.84. The SMILES string of the molecule is CC(C(F)(F)F)C(F)(F)Oc1cc(Cl)c(N)cc1Cl. The average Bonchev–Trinajstić information content (AvgIpc) is 2.23. The van der Waals surface area contributed by atoms with E-state index in [-0.39, 0.29) is 15.7 Å². The van der Waals surface area contributed by atoms with Crippen LogP contribution in [0.1, 0.15) is 6.92 Å². The second kappa shape index (κ2) is 5.20. The molecule has 2 N–H and O–H groups in total. The molecule has 0 fully saturated rings. The molecule has 9 heteroatoms. The molecule has 0 radical (unpaired) electrons. The summed E-state index contributed by atoms with van der Waals surface area (Å²) in [4.78, 5) is 0. The lowest BCUT2D eigenvalue weighted by molar-refractivity contribution is -0.298. The molecule has 1 unspecified atom stereocenters. The van der Waals surface area contributed by atoms with E-state index >= 15 is 0 Å². The lowest BCUT2D eigenvalue weighted by Crippen LogP contribution is -2.41. The van der Waals surface area contributed by atoms with E-state index in [0.29, 0.717) is 6.92 Å². The molecule has 0 aliphatic rings. The van der Waals surface area contributed by atoms with Crippen LogP contribution in [0.15, 0.2) is 12.1 Å². The maximum absolute atomic E-state index is 13.3. The van der Waals surface area contributed by atoms with Gasteiger partial charge in [-0.1, -0.05) is 23.2 Å². The Kier molecular flexibility index (Phi) is 4.41. The molecule has 0 spiro atoms. The molecule has 1 atom stereocenters. The molecule has 1 aromatic carbocycles. The molecule has 0 aliphatic heterocycles. The lowest BCUT2D eigenvalue weighted by Gasteiger charge is -2.26. The summed E-state index contributed by atoms with van der Waals surface area (Å²) >= 11 is 11.1. The van der Waals surface area contributed by atoms with Gasteiger partial charge < -0.3 is 10.5 Å². The Morgan fingerprint density at radius 2 is 1.63 bits per heavy atom. The Morgan fingerprint density at radius 3 is 2.11 bits per heavy atom. The van der Waals surface area contributed by atoms with Gasteiger partial charge in [0.25, 0.3) is 0 Å². The summed E-state index contributed by atoms with van der Waals surface area (Å²) in [5.41, 5.74) is 5.33. The van der Waals surface area contributed by atoms with Gasteiger partial charge in [-0.3, -0.25) is 0 Å². The number of benzene rings is 1. The summed E-state index contributed by atoms with van der Waals surface area (Å²) < 4.78 is 67.5. The van der Waals surface area contributed by atoms with Crippen LogP contribution in [0.4, 0.5) is 27.6 Å². The summed E-state index contributed by atoms with van der Waals surface area (Å²) in [6.07, 6.45) is -9.60. The zero-order chi connectivity index (χ0) is 15.0. The Bertz CT molecular complexity index is 478. The Balaban J connectivity index is 3.05. The minimum Gasteiger partial charge on any atom is -0.430 e. The van der Waals surface area contributed by atoms with Gasteiger partial charge in [-0.2, -0.15) is 22.0 Å². The van der Waals surface area contributed by atoms with E-state index in [1.54, 1.807) is 0 Å². The minimum absolute atomic E-state index is 0.00815. The highest BCUT2D eigenvalue weighted by Crippen LogP contribution is 2.42. The molecule has 0 aliphatic carbocycles. The Hall–Kier alpha value is -0.950. The summed E-state index contributed by atoms with van der Waals surface area (Å²) in [7, 11) is 0. The van der Waals surface area contributed by atoms with Crippen LogP contribution in [0.25, 0.3) is 0 Å². The second-order valence-corrected chi connectivity index (χ2v) is 4.55. The van der Waals surface area contributed by atoms with Gasteiger partial charge in [0.1, 0.15) is 5.75 Å². The number of rotatable bonds is 3. The number of alkyl halides is 5. The van der Waals surface area contributed by atoms with E-state index < -0.39 is 24.0 Å². The van der Waals surface area contributed by atoms with Crippen molar-refractivity contribution in [2.45, 2.75) is 19.2 Å². The molecule has 0 bridgehead atoms. The van der Waals surface area contributed by atoms with Gasteiger partial charge in [-0.25, -0.2) is 0 Å². The third kappa shape index (κ3) is 3.76. The zero-order valence-electron chi connectivity index (χ0n) is 9.36. The van der Waals surface area contributed by atoms with E-state index in [1.165, 1.54) is 0 Å². The monoisotopic (exact) mass is 323 g/mol. The lowest BCUT2D eigenvalue weighted by atomic mass is 10.1. The van der Waals surface area contributed by atoms with E-state index in [0.717, 1.165) is 12.1 Å². The van der Waals surface area contributed by atoms with Crippen LogP contribution in [0.3, 0.4) is 0 Å². The average molecular weight is 324 g/mol. The molecular formula is C10H8Cl2F5NO. The van der Waals surface area contributed by atoms with E-state index in [9.17, 15) is 22.0 Å². The number of nitrogens with two attached hydrogens (primary N) is 1. The van der Waals surface area contributed by atoms with Crippen molar-refractivity contribution < 1.29 is 26.7 Å². The number of halogens is 7. The highest BCUT2D eigenvalue weighted by molar-refractivity contribution is 6.36. The molecule has 0 aromatic heterocycles. The first-order valence-electron chi connectivity index (χ1n) is 4.83. The van der Waals surface area contributed by atoms with Crippen molar-refractivity contribution in [3.63, 3.8) is 0 Å². The first-order valence-corrected chi connectivity index (χ1v) is 5.59. The fourth-order valence-electron chi connectivity index (χ4n) is 1.05. The predicted octanol–water partition coefficient (Wildman–Crippen LogP) is 4.75. The fraction of sp³-hybridized carbons (Fsp3) is 0.400. The molecule has 108 valence electrons. The highest BCUT2D eigenvalue weighted by Gasteiger charge is 2.55. The molecule has 0 saturated carbocycles. The molecule has 19 heavy (non-hydrogen) atoms. The van der Waals surface area contributed by atoms with E-state index in [1.807, 2.05) is 0 Å². The van der Waals surface area contributed by atoms with Crippen molar-refractivity contribution in [2.75, 3.05) is 5.73 Å². The van der Waals surface area contributed by atoms with E-state index in [2.05, 4.69) is 4.74 Å². The van der Waals surface area contributed by atoms with Gasteiger partial charge in [0.05, 0.1) is 15.7 Å². The third-order valence-electron chi connectivity index (χ3n) is 2.29. The number of hydrogen-bond donors (Lipinski definition) is 1. The number of ether oxygens (including phenoxy) is 1. The van der Waals surface area contributed by atoms with Gasteiger partial charge in [-0.05, 0) is 13.0 Å². The Labute approximate surface area is 115 Å². The van der Waals surface area contributed by atoms with Crippen molar-refractivity contribution in [1.29, 1.82) is 0 Å². The maximum atomic E-state index is 13.3. The maximum Gasteiger partial charge on any atom is 0.409 e. The molecule has 0 heterocycles. The second-order valence-electron chi connectivity index (χ2n) is 3.73. The fourth-order valence-corrected chi connectivity index (χ4v) is 1.41. The van der Waals surface area contributed by atoms with Crippen molar-refractivity contribution in [3.05, 3.63) is 22.2 Å². The molecule has 2 nitrogen and oxygen atoms in total. The molecule has 1 rings (SSSR count). The van der Waals surface area contributed by atoms with Gasteiger partial charge in [0, 0.05) is 6.07 Å². The van der Waals surface area contributed by atoms with Gasteiger partial charge in [0.15, 0.2) is 5.92 Å². The van der Waals surface area contributed by atoms with Crippen LogP contribution in [0.2, 0.25) is 10.0 Å². The van der Waals surface area contributed by atoms with Gasteiger partial charge >= 0.3 is 12.3 Å². The van der Waals surface area contributed by atoms with Gasteiger partial charge in [-0.15, -0.1) is 0 Å². The van der Waals surface area contributed by atoms with Crippen LogP contribution in [0.5, 0.6) is 5.75 Å². The summed E-state index contributed by atoms with van der Waals surface area (Å²) in [6.45, 7) is 0.298. The first kappa shape index (κ1) is 16.1. The highest BCUT2D eigenvalue weighted by atomic mass is 35.5. The first-order chi connectivity index (χ1) is 8.45. The number of hydrogen-bond acceptors (Lipinski definition) is 2. The Morgan fingerprint density at radius 1 is 1.11 bits per heavy atom. The van der Waals surface area contributed by atoms with Crippen LogP contribution in [0, 0.1) is 5.92 Å². The standard InChI is InChI=1S/C10H8Cl2F5NO/c1-4(9(13,14)15)10(16,17)19-8-3-5(11)7(18)2-6(8)12/h2-4H,18H2,1H3. The van der Waals surface area contributed by atoms with Crippen LogP contribution in [-0.4, -0.2) is 12.3 Å². The van der Waals surface area contributed by atoms with Crippen LogP contribution in [-0.2, 0) is 0 Å². The van der Waals surface area contributed by atoms with E-state index in [4.69, 9.17) is 28.9 Å².